The van der Waals surface area contributed by atoms with Crippen LogP contribution in [0.4, 0.5) is 11.5 Å². The fourth-order valence-corrected chi connectivity index (χ4v) is 4.85. The van der Waals surface area contributed by atoms with Gasteiger partial charge < -0.3 is 10.6 Å². The van der Waals surface area contributed by atoms with E-state index in [1.807, 2.05) is 0 Å². The first-order valence-electron chi connectivity index (χ1n) is 9.50. The lowest BCUT2D eigenvalue weighted by Gasteiger charge is -2.10. The van der Waals surface area contributed by atoms with Gasteiger partial charge in [0.1, 0.15) is 5.82 Å². The first kappa shape index (κ1) is 25.0. The maximum absolute atomic E-state index is 12.4. The van der Waals surface area contributed by atoms with Gasteiger partial charge in [-0.25, -0.2) is 13.4 Å². The molecule has 3 rings (SSSR count). The number of anilines is 2. The molecule has 0 aliphatic carbocycles. The summed E-state index contributed by atoms with van der Waals surface area (Å²) in [6, 6.07) is 12.4. The first-order valence-corrected chi connectivity index (χ1v) is 12.5. The molecule has 0 fully saturated rings. The van der Waals surface area contributed by atoms with E-state index in [0.717, 1.165) is 6.26 Å². The van der Waals surface area contributed by atoms with Crippen LogP contribution in [0, 0.1) is 0 Å². The summed E-state index contributed by atoms with van der Waals surface area (Å²) >= 11 is 18.2. The SMILES string of the molecule is CS(=O)(=O)c1ccc(CC(=O)Nc2cc(NC(=O)Cc3c(Cl)cccc3Cl)ccn2)cc1Cl. The summed E-state index contributed by atoms with van der Waals surface area (Å²) < 4.78 is 23.3. The Balaban J connectivity index is 1.63. The molecule has 2 aromatic carbocycles. The number of benzene rings is 2. The number of rotatable bonds is 7. The number of nitrogens with zero attached hydrogens (tertiary/aromatic N) is 1. The van der Waals surface area contributed by atoms with Crippen LogP contribution in [0.5, 0.6) is 0 Å². The molecule has 0 atom stereocenters. The van der Waals surface area contributed by atoms with Crippen molar-refractivity contribution in [3.05, 3.63) is 80.9 Å². The van der Waals surface area contributed by atoms with Gasteiger partial charge in [0.05, 0.1) is 22.8 Å². The number of carbonyl (C=O) groups is 2. The number of hydrogen-bond donors (Lipinski definition) is 2. The second-order valence-corrected chi connectivity index (χ2v) is 10.3. The van der Waals surface area contributed by atoms with Crippen molar-refractivity contribution < 1.29 is 18.0 Å². The summed E-state index contributed by atoms with van der Waals surface area (Å²) in [7, 11) is -3.46. The summed E-state index contributed by atoms with van der Waals surface area (Å²) in [4.78, 5) is 28.9. The van der Waals surface area contributed by atoms with Gasteiger partial charge in [0.2, 0.25) is 11.8 Å². The van der Waals surface area contributed by atoms with Crippen LogP contribution < -0.4 is 10.6 Å². The molecule has 1 aromatic heterocycles. The van der Waals surface area contributed by atoms with Crippen LogP contribution in [0.15, 0.2) is 59.6 Å². The standard InChI is InChI=1S/C22H18Cl3N3O4S/c1-33(31,32)19-6-5-13(9-18(19)25)10-21(29)28-20-11-14(7-8-26-20)27-22(30)12-15-16(23)3-2-4-17(15)24/h2-9,11H,10,12H2,1H3,(H2,26,27,28,29,30). The lowest BCUT2D eigenvalue weighted by Crippen LogP contribution is -2.17. The van der Waals surface area contributed by atoms with Gasteiger partial charge in [-0.3, -0.25) is 9.59 Å². The molecule has 0 unspecified atom stereocenters. The zero-order valence-electron chi connectivity index (χ0n) is 17.2. The average molecular weight is 527 g/mol. The molecule has 7 nitrogen and oxygen atoms in total. The van der Waals surface area contributed by atoms with Crippen molar-refractivity contribution >= 4 is 68.0 Å². The van der Waals surface area contributed by atoms with Gasteiger partial charge in [-0.05, 0) is 41.5 Å². The number of sulfone groups is 1. The Morgan fingerprint density at radius 2 is 1.55 bits per heavy atom. The smallest absolute Gasteiger partial charge is 0.229 e. The highest BCUT2D eigenvalue weighted by Gasteiger charge is 2.15. The number of pyridine rings is 1. The highest BCUT2D eigenvalue weighted by atomic mass is 35.5. The molecule has 2 N–H and O–H groups in total. The van der Waals surface area contributed by atoms with Gasteiger partial charge in [0.25, 0.3) is 0 Å². The minimum absolute atomic E-state index is 0.00323. The third kappa shape index (κ3) is 6.91. The molecule has 3 aromatic rings. The average Bonchev–Trinajstić information content (AvgIpc) is 2.70. The molecule has 2 amide bonds. The van der Waals surface area contributed by atoms with Crippen molar-refractivity contribution in [2.24, 2.45) is 0 Å². The quantitative estimate of drug-likeness (QED) is 0.460. The second-order valence-electron chi connectivity index (χ2n) is 7.12. The third-order valence-electron chi connectivity index (χ3n) is 4.47. The number of aromatic nitrogens is 1. The lowest BCUT2D eigenvalue weighted by atomic mass is 10.1. The van der Waals surface area contributed by atoms with Gasteiger partial charge in [-0.15, -0.1) is 0 Å². The van der Waals surface area contributed by atoms with Crippen LogP contribution in [0.1, 0.15) is 11.1 Å². The molecule has 0 aliphatic heterocycles. The minimum atomic E-state index is -3.46. The van der Waals surface area contributed by atoms with Crippen LogP contribution in [0.2, 0.25) is 15.1 Å². The molecule has 172 valence electrons. The molecule has 0 bridgehead atoms. The van der Waals surface area contributed by atoms with Gasteiger partial charge in [-0.2, -0.15) is 0 Å². The van der Waals surface area contributed by atoms with E-state index in [0.29, 0.717) is 26.9 Å². The van der Waals surface area contributed by atoms with E-state index in [2.05, 4.69) is 15.6 Å². The predicted octanol–water partition coefficient (Wildman–Crippen LogP) is 4.81. The van der Waals surface area contributed by atoms with Crippen molar-refractivity contribution in [3.8, 4) is 0 Å². The summed E-state index contributed by atoms with van der Waals surface area (Å²) in [6.45, 7) is 0. The largest absolute Gasteiger partial charge is 0.326 e. The third-order valence-corrected chi connectivity index (χ3v) is 6.76. The van der Waals surface area contributed by atoms with E-state index in [9.17, 15) is 18.0 Å². The Morgan fingerprint density at radius 1 is 0.879 bits per heavy atom. The van der Waals surface area contributed by atoms with Crippen molar-refractivity contribution in [1.82, 2.24) is 4.98 Å². The van der Waals surface area contributed by atoms with Crippen molar-refractivity contribution in [3.63, 3.8) is 0 Å². The monoisotopic (exact) mass is 525 g/mol. The summed E-state index contributed by atoms with van der Waals surface area (Å²) in [6.07, 6.45) is 2.42. The van der Waals surface area contributed by atoms with Gasteiger partial charge in [0, 0.05) is 34.3 Å². The van der Waals surface area contributed by atoms with E-state index in [-0.39, 0.29) is 34.5 Å². The van der Waals surface area contributed by atoms with Crippen LogP contribution in [0.25, 0.3) is 0 Å². The summed E-state index contributed by atoms with van der Waals surface area (Å²) in [5.41, 5.74) is 1.47. The Bertz CT molecular complexity index is 1310. The van der Waals surface area contributed by atoms with E-state index in [1.165, 1.54) is 30.5 Å². The van der Waals surface area contributed by atoms with Crippen molar-refractivity contribution in [2.75, 3.05) is 16.9 Å². The maximum atomic E-state index is 12.4. The maximum Gasteiger partial charge on any atom is 0.229 e. The number of nitrogens with one attached hydrogen (secondary N) is 2. The Morgan fingerprint density at radius 3 is 2.18 bits per heavy atom. The van der Waals surface area contributed by atoms with Gasteiger partial charge in [0.15, 0.2) is 9.84 Å². The predicted molar refractivity (Wildman–Crippen MR) is 130 cm³/mol. The number of carbonyl (C=O) groups excluding carboxylic acids is 2. The normalized spacial score (nSPS) is 11.2. The Labute approximate surface area is 206 Å². The summed E-state index contributed by atoms with van der Waals surface area (Å²) in [5, 5.41) is 6.18. The summed E-state index contributed by atoms with van der Waals surface area (Å²) in [5.74, 6) is -0.501. The molecule has 0 spiro atoms. The highest BCUT2D eigenvalue weighted by Crippen LogP contribution is 2.25. The van der Waals surface area contributed by atoms with E-state index < -0.39 is 15.7 Å². The minimum Gasteiger partial charge on any atom is -0.326 e. The van der Waals surface area contributed by atoms with Crippen LogP contribution in [0.3, 0.4) is 0 Å². The number of halogens is 3. The fourth-order valence-electron chi connectivity index (χ4n) is 2.97. The highest BCUT2D eigenvalue weighted by molar-refractivity contribution is 7.90. The van der Waals surface area contributed by atoms with E-state index in [1.54, 1.807) is 24.3 Å². The van der Waals surface area contributed by atoms with Gasteiger partial charge in [-0.1, -0.05) is 46.9 Å². The molecule has 11 heteroatoms. The lowest BCUT2D eigenvalue weighted by molar-refractivity contribution is -0.116. The number of hydrogen-bond acceptors (Lipinski definition) is 5. The fraction of sp³-hybridized carbons (Fsp3) is 0.136. The molecule has 0 saturated heterocycles. The van der Waals surface area contributed by atoms with Gasteiger partial charge >= 0.3 is 0 Å². The molecule has 0 aliphatic rings. The van der Waals surface area contributed by atoms with Crippen LogP contribution >= 0.6 is 34.8 Å². The van der Waals surface area contributed by atoms with Crippen molar-refractivity contribution in [2.45, 2.75) is 17.7 Å². The van der Waals surface area contributed by atoms with Crippen molar-refractivity contribution in [1.29, 1.82) is 0 Å². The van der Waals surface area contributed by atoms with E-state index in [4.69, 9.17) is 34.8 Å². The second kappa shape index (κ2) is 10.5. The molecule has 0 saturated carbocycles. The van der Waals surface area contributed by atoms with Crippen LogP contribution in [-0.2, 0) is 32.3 Å². The Hall–Kier alpha value is -2.65. The number of amides is 2. The molecular formula is C22H18Cl3N3O4S. The molecular weight excluding hydrogens is 509 g/mol. The zero-order valence-corrected chi connectivity index (χ0v) is 20.3. The van der Waals surface area contributed by atoms with E-state index >= 15 is 0 Å². The van der Waals surface area contributed by atoms with Crippen LogP contribution in [-0.4, -0.2) is 31.5 Å². The molecule has 33 heavy (non-hydrogen) atoms. The first-order chi connectivity index (χ1) is 15.5. The topological polar surface area (TPSA) is 105 Å². The Kier molecular flexibility index (Phi) is 7.97. The molecule has 1 heterocycles. The molecule has 0 radical (unpaired) electrons. The zero-order chi connectivity index (χ0) is 24.2.